The molecule has 0 aliphatic heterocycles. The third kappa shape index (κ3) is 2.55. The van der Waals surface area contributed by atoms with Crippen molar-refractivity contribution in [2.75, 3.05) is 20.3 Å². The molecule has 2 rings (SSSR count). The summed E-state index contributed by atoms with van der Waals surface area (Å²) < 4.78 is 10.4. The van der Waals surface area contributed by atoms with Crippen LogP contribution in [0.1, 0.15) is 5.69 Å². The van der Waals surface area contributed by atoms with Gasteiger partial charge in [-0.25, -0.2) is 9.97 Å². The summed E-state index contributed by atoms with van der Waals surface area (Å²) in [5.41, 5.74) is 1.15. The molecule has 3 N–H and O–H groups in total. The second-order valence-electron chi connectivity index (χ2n) is 3.64. The Labute approximate surface area is 103 Å². The van der Waals surface area contributed by atoms with Crippen LogP contribution in [0.3, 0.4) is 0 Å². The van der Waals surface area contributed by atoms with Crippen LogP contribution in [-0.4, -0.2) is 56.8 Å². The first-order chi connectivity index (χ1) is 8.76. The Balaban J connectivity index is 2.13. The molecular formula is C10H14N4O4. The number of ether oxygens (including phenoxy) is 2. The number of hydrogen-bond acceptors (Lipinski definition) is 7. The quantitative estimate of drug-likeness (QED) is 0.620. The Bertz CT molecular complexity index is 516. The number of aliphatic hydroxyl groups excluding tert-OH is 2. The Morgan fingerprint density at radius 2 is 2.28 bits per heavy atom. The molecule has 0 aliphatic rings. The predicted molar refractivity (Wildman–Crippen MR) is 61.0 cm³/mol. The number of fused-ring (bicyclic) bond motifs is 1. The molecule has 2 heterocycles. The molecule has 0 unspecified atom stereocenters. The Hall–Kier alpha value is -1.77. The van der Waals surface area contributed by atoms with E-state index in [4.69, 9.17) is 19.7 Å². The maximum Gasteiger partial charge on any atom is 0.227 e. The van der Waals surface area contributed by atoms with E-state index < -0.39 is 6.10 Å². The van der Waals surface area contributed by atoms with E-state index in [0.29, 0.717) is 22.6 Å². The minimum absolute atomic E-state index is 0.0347. The van der Waals surface area contributed by atoms with Gasteiger partial charge in [-0.05, 0) is 0 Å². The highest BCUT2D eigenvalue weighted by atomic mass is 16.5. The number of nitrogens with one attached hydrogen (secondary N) is 1. The average Bonchev–Trinajstić information content (AvgIpc) is 2.82. The third-order valence-electron chi connectivity index (χ3n) is 2.35. The van der Waals surface area contributed by atoms with Gasteiger partial charge >= 0.3 is 0 Å². The van der Waals surface area contributed by atoms with E-state index in [9.17, 15) is 0 Å². The maximum absolute atomic E-state index is 9.15. The lowest BCUT2D eigenvalue weighted by molar-refractivity contribution is -0.000574. The Morgan fingerprint density at radius 1 is 1.44 bits per heavy atom. The molecule has 0 spiro atoms. The van der Waals surface area contributed by atoms with Crippen molar-refractivity contribution in [1.29, 1.82) is 0 Å². The molecule has 98 valence electrons. The summed E-state index contributed by atoms with van der Waals surface area (Å²) in [7, 11) is 1.51. The minimum atomic E-state index is -0.891. The van der Waals surface area contributed by atoms with Crippen LogP contribution in [0.15, 0.2) is 6.33 Å². The van der Waals surface area contributed by atoms with Gasteiger partial charge in [0.05, 0.1) is 32.6 Å². The normalized spacial score (nSPS) is 12.8. The largest absolute Gasteiger partial charge is 0.480 e. The van der Waals surface area contributed by atoms with Gasteiger partial charge in [-0.3, -0.25) is 5.10 Å². The van der Waals surface area contributed by atoms with E-state index in [2.05, 4.69) is 20.2 Å². The Kier molecular flexibility index (Phi) is 4.03. The highest BCUT2D eigenvalue weighted by molar-refractivity contribution is 5.82. The first-order valence-electron chi connectivity index (χ1n) is 5.35. The van der Waals surface area contributed by atoms with Gasteiger partial charge in [-0.1, -0.05) is 0 Å². The lowest BCUT2D eigenvalue weighted by Gasteiger charge is -2.07. The van der Waals surface area contributed by atoms with Crippen LogP contribution in [0, 0.1) is 0 Å². The first kappa shape index (κ1) is 12.7. The maximum atomic E-state index is 9.15. The van der Waals surface area contributed by atoms with Gasteiger partial charge in [0, 0.05) is 0 Å². The van der Waals surface area contributed by atoms with Crippen molar-refractivity contribution in [1.82, 2.24) is 20.2 Å². The first-order valence-corrected chi connectivity index (χ1v) is 5.35. The van der Waals surface area contributed by atoms with E-state index in [-0.39, 0.29) is 19.8 Å². The summed E-state index contributed by atoms with van der Waals surface area (Å²) in [4.78, 5) is 7.97. The third-order valence-corrected chi connectivity index (χ3v) is 2.35. The van der Waals surface area contributed by atoms with Gasteiger partial charge in [-0.2, -0.15) is 5.10 Å². The predicted octanol–water partition coefficient (Wildman–Crippen LogP) is -0.769. The van der Waals surface area contributed by atoms with Crippen molar-refractivity contribution in [3.63, 3.8) is 0 Å². The van der Waals surface area contributed by atoms with Gasteiger partial charge in [0.2, 0.25) is 5.88 Å². The SMILES string of the molecule is COc1ncnc2n[nH]c(COC[C@@H](O)CO)c12. The van der Waals surface area contributed by atoms with E-state index >= 15 is 0 Å². The molecule has 2 aromatic rings. The van der Waals surface area contributed by atoms with Gasteiger partial charge in [-0.15, -0.1) is 0 Å². The number of rotatable bonds is 6. The van der Waals surface area contributed by atoms with E-state index in [1.807, 2.05) is 0 Å². The molecule has 0 bridgehead atoms. The van der Waals surface area contributed by atoms with Gasteiger partial charge in [0.25, 0.3) is 0 Å². The molecule has 8 heteroatoms. The van der Waals surface area contributed by atoms with Crippen molar-refractivity contribution in [3.05, 3.63) is 12.0 Å². The second-order valence-corrected chi connectivity index (χ2v) is 3.64. The molecule has 0 fully saturated rings. The topological polar surface area (TPSA) is 113 Å². The van der Waals surface area contributed by atoms with E-state index in [0.717, 1.165) is 0 Å². The summed E-state index contributed by atoms with van der Waals surface area (Å²) >= 11 is 0. The zero-order valence-electron chi connectivity index (χ0n) is 9.83. The summed E-state index contributed by atoms with van der Waals surface area (Å²) in [5, 5.41) is 25.2. The molecule has 2 aromatic heterocycles. The summed E-state index contributed by atoms with van der Waals surface area (Å²) in [6.07, 6.45) is 0.472. The van der Waals surface area contributed by atoms with Gasteiger partial charge in [0.1, 0.15) is 17.8 Å². The van der Waals surface area contributed by atoms with Crippen molar-refractivity contribution in [2.45, 2.75) is 12.7 Å². The van der Waals surface area contributed by atoms with Crippen molar-refractivity contribution in [3.8, 4) is 5.88 Å². The average molecular weight is 254 g/mol. The van der Waals surface area contributed by atoms with E-state index in [1.165, 1.54) is 13.4 Å². The number of hydrogen-bond donors (Lipinski definition) is 3. The highest BCUT2D eigenvalue weighted by Crippen LogP contribution is 2.23. The lowest BCUT2D eigenvalue weighted by atomic mass is 10.3. The molecule has 0 aliphatic carbocycles. The smallest absolute Gasteiger partial charge is 0.227 e. The molecule has 18 heavy (non-hydrogen) atoms. The molecule has 1 atom stereocenters. The standard InChI is InChI=1S/C10H14N4O4/c1-17-10-8-7(4-18-3-6(16)2-15)13-14-9(8)11-5-12-10/h5-6,15-16H,2-4H2,1H3,(H,11,12,13,14)/t6-/m0/s1. The van der Waals surface area contributed by atoms with Gasteiger partial charge in [0.15, 0.2) is 5.65 Å². The molecule has 0 saturated carbocycles. The zero-order chi connectivity index (χ0) is 13.0. The summed E-state index contributed by atoms with van der Waals surface area (Å²) in [5.74, 6) is 0.412. The van der Waals surface area contributed by atoms with Crippen LogP contribution in [0.25, 0.3) is 11.0 Å². The number of aromatic amines is 1. The van der Waals surface area contributed by atoms with Crippen LogP contribution in [-0.2, 0) is 11.3 Å². The number of nitrogens with zero attached hydrogens (tertiary/aromatic N) is 3. The molecule has 8 nitrogen and oxygen atoms in total. The molecule has 0 radical (unpaired) electrons. The number of aromatic nitrogens is 4. The van der Waals surface area contributed by atoms with Crippen LogP contribution in [0.5, 0.6) is 5.88 Å². The lowest BCUT2D eigenvalue weighted by Crippen LogP contribution is -2.19. The van der Waals surface area contributed by atoms with Crippen LogP contribution >= 0.6 is 0 Å². The molecule has 0 amide bonds. The van der Waals surface area contributed by atoms with E-state index in [1.54, 1.807) is 0 Å². The second kappa shape index (κ2) is 5.71. The minimum Gasteiger partial charge on any atom is -0.480 e. The van der Waals surface area contributed by atoms with Crippen molar-refractivity contribution >= 4 is 11.0 Å². The number of aliphatic hydroxyl groups is 2. The number of methoxy groups -OCH3 is 1. The fourth-order valence-corrected chi connectivity index (χ4v) is 1.49. The fourth-order valence-electron chi connectivity index (χ4n) is 1.49. The highest BCUT2D eigenvalue weighted by Gasteiger charge is 2.13. The monoisotopic (exact) mass is 254 g/mol. The molecular weight excluding hydrogens is 240 g/mol. The van der Waals surface area contributed by atoms with Crippen LogP contribution in [0.4, 0.5) is 0 Å². The van der Waals surface area contributed by atoms with Crippen molar-refractivity contribution < 1.29 is 19.7 Å². The van der Waals surface area contributed by atoms with Crippen LogP contribution in [0.2, 0.25) is 0 Å². The van der Waals surface area contributed by atoms with Crippen molar-refractivity contribution in [2.24, 2.45) is 0 Å². The zero-order valence-corrected chi connectivity index (χ0v) is 9.83. The summed E-state index contributed by atoms with van der Waals surface area (Å²) in [6, 6.07) is 0. The summed E-state index contributed by atoms with van der Waals surface area (Å²) in [6.45, 7) is -0.111. The van der Waals surface area contributed by atoms with Crippen LogP contribution < -0.4 is 4.74 Å². The Morgan fingerprint density at radius 3 is 3.00 bits per heavy atom. The molecule has 0 saturated heterocycles. The molecule has 0 aromatic carbocycles. The van der Waals surface area contributed by atoms with Gasteiger partial charge < -0.3 is 19.7 Å². The number of H-pyrrole nitrogens is 1. The fraction of sp³-hybridized carbons (Fsp3) is 0.500.